The number of thiazole rings is 1. The zero-order chi connectivity index (χ0) is 19.8. The molecule has 0 aliphatic heterocycles. The molecule has 3 aromatic rings. The van der Waals surface area contributed by atoms with E-state index in [0.717, 1.165) is 21.3 Å². The van der Waals surface area contributed by atoms with E-state index in [0.29, 0.717) is 11.3 Å². The molecule has 0 aliphatic carbocycles. The van der Waals surface area contributed by atoms with Gasteiger partial charge in [-0.05, 0) is 56.2 Å². The molecule has 0 N–H and O–H groups in total. The Labute approximate surface area is 162 Å². The maximum Gasteiger partial charge on any atom is 0.279 e. The van der Waals surface area contributed by atoms with Crippen molar-refractivity contribution in [2.45, 2.75) is 39.1 Å². The van der Waals surface area contributed by atoms with E-state index in [-0.39, 0.29) is 16.2 Å². The number of hydrogen-bond donors (Lipinski definition) is 0. The highest BCUT2D eigenvalue weighted by molar-refractivity contribution is 7.91. The zero-order valence-electron chi connectivity index (χ0n) is 15.8. The number of amides is 1. The van der Waals surface area contributed by atoms with Crippen LogP contribution >= 0.6 is 11.3 Å². The minimum Gasteiger partial charge on any atom is -0.317 e. The molecule has 142 valence electrons. The summed E-state index contributed by atoms with van der Waals surface area (Å²) < 4.78 is 27.3. The number of aryl methyl sites for hydroxylation is 3. The fourth-order valence-corrected chi connectivity index (χ4v) is 5.11. The second-order valence-corrected chi connectivity index (χ2v) is 9.66. The third-order valence-corrected chi connectivity index (χ3v) is 7.41. The Morgan fingerprint density at radius 2 is 1.89 bits per heavy atom. The molecule has 1 heterocycles. The minimum atomic E-state index is -3.37. The summed E-state index contributed by atoms with van der Waals surface area (Å²) in [5, 5.41) is 0. The lowest BCUT2D eigenvalue weighted by Crippen LogP contribution is -2.16. The van der Waals surface area contributed by atoms with Gasteiger partial charge in [-0.2, -0.15) is 4.99 Å². The van der Waals surface area contributed by atoms with E-state index < -0.39 is 15.7 Å². The lowest BCUT2D eigenvalue weighted by Gasteiger charge is -2.04. The van der Waals surface area contributed by atoms with E-state index in [1.165, 1.54) is 23.5 Å². The van der Waals surface area contributed by atoms with E-state index in [2.05, 4.69) is 24.0 Å². The highest BCUT2D eigenvalue weighted by atomic mass is 32.2. The molecule has 0 fully saturated rings. The van der Waals surface area contributed by atoms with Gasteiger partial charge in [-0.25, -0.2) is 8.42 Å². The zero-order valence-corrected chi connectivity index (χ0v) is 17.4. The third-order valence-electron chi connectivity index (χ3n) is 4.45. The first kappa shape index (κ1) is 19.5. The van der Waals surface area contributed by atoms with Gasteiger partial charge in [-0.1, -0.05) is 30.4 Å². The molecule has 1 amide bonds. The monoisotopic (exact) mass is 402 g/mol. The van der Waals surface area contributed by atoms with Crippen LogP contribution in [0.4, 0.5) is 0 Å². The molecule has 2 aromatic carbocycles. The van der Waals surface area contributed by atoms with Crippen molar-refractivity contribution >= 4 is 37.3 Å². The van der Waals surface area contributed by atoms with Crippen LogP contribution in [-0.4, -0.2) is 24.6 Å². The number of nitrogens with zero attached hydrogens (tertiary/aromatic N) is 2. The number of carbonyl (C=O) groups is 1. The highest BCUT2D eigenvalue weighted by Crippen LogP contribution is 2.23. The standard InChI is InChI=1S/C20H22N2O3S2/c1-5-22-17-11-13(3)10-14(4)18(17)26-20(22)21-19(23)15-8-7-9-16(12-15)27(24,25)6-2/h7-12H,5-6H2,1-4H3. The Morgan fingerprint density at radius 3 is 2.56 bits per heavy atom. The second-order valence-electron chi connectivity index (χ2n) is 6.41. The van der Waals surface area contributed by atoms with Crippen LogP contribution in [0.2, 0.25) is 0 Å². The molecule has 5 nitrogen and oxygen atoms in total. The summed E-state index contributed by atoms with van der Waals surface area (Å²) >= 11 is 1.48. The molecule has 0 radical (unpaired) electrons. The summed E-state index contributed by atoms with van der Waals surface area (Å²) in [6.07, 6.45) is 0. The lowest BCUT2D eigenvalue weighted by molar-refractivity contribution is 0.0997. The Bertz CT molecular complexity index is 1200. The number of aromatic nitrogens is 1. The van der Waals surface area contributed by atoms with Crippen molar-refractivity contribution in [1.82, 2.24) is 4.57 Å². The van der Waals surface area contributed by atoms with Gasteiger partial charge in [-0.3, -0.25) is 4.79 Å². The summed E-state index contributed by atoms with van der Waals surface area (Å²) in [6, 6.07) is 10.3. The highest BCUT2D eigenvalue weighted by Gasteiger charge is 2.15. The quantitative estimate of drug-likeness (QED) is 0.665. The van der Waals surface area contributed by atoms with Crippen molar-refractivity contribution in [3.05, 3.63) is 57.9 Å². The van der Waals surface area contributed by atoms with Gasteiger partial charge in [0.05, 0.1) is 20.9 Å². The van der Waals surface area contributed by atoms with Crippen LogP contribution in [0.3, 0.4) is 0 Å². The molecule has 0 bridgehead atoms. The van der Waals surface area contributed by atoms with E-state index in [1.54, 1.807) is 19.1 Å². The van der Waals surface area contributed by atoms with Crippen molar-refractivity contribution in [3.8, 4) is 0 Å². The van der Waals surface area contributed by atoms with Crippen molar-refractivity contribution in [2.24, 2.45) is 4.99 Å². The largest absolute Gasteiger partial charge is 0.317 e. The van der Waals surface area contributed by atoms with Crippen LogP contribution in [-0.2, 0) is 16.4 Å². The molecular formula is C20H22N2O3S2. The average Bonchev–Trinajstić information content (AvgIpc) is 2.99. The summed E-state index contributed by atoms with van der Waals surface area (Å²) in [5.41, 5.74) is 3.66. The van der Waals surface area contributed by atoms with E-state index in [9.17, 15) is 13.2 Å². The number of sulfone groups is 1. The van der Waals surface area contributed by atoms with Crippen molar-refractivity contribution < 1.29 is 13.2 Å². The topological polar surface area (TPSA) is 68.5 Å². The smallest absolute Gasteiger partial charge is 0.279 e. The van der Waals surface area contributed by atoms with Crippen LogP contribution in [0.5, 0.6) is 0 Å². The fraction of sp³-hybridized carbons (Fsp3) is 0.300. The van der Waals surface area contributed by atoms with Gasteiger partial charge in [0.1, 0.15) is 0 Å². The average molecular weight is 403 g/mol. The molecule has 0 aliphatic rings. The molecule has 3 rings (SSSR count). The van der Waals surface area contributed by atoms with E-state index >= 15 is 0 Å². The van der Waals surface area contributed by atoms with Crippen LogP contribution in [0.25, 0.3) is 10.2 Å². The Hall–Kier alpha value is -2.25. The molecule has 0 saturated heterocycles. The van der Waals surface area contributed by atoms with Gasteiger partial charge in [-0.15, -0.1) is 0 Å². The first-order chi connectivity index (χ1) is 12.8. The van der Waals surface area contributed by atoms with Gasteiger partial charge < -0.3 is 4.57 Å². The van der Waals surface area contributed by atoms with Crippen molar-refractivity contribution in [1.29, 1.82) is 0 Å². The number of hydrogen-bond acceptors (Lipinski definition) is 4. The third kappa shape index (κ3) is 3.75. The summed E-state index contributed by atoms with van der Waals surface area (Å²) in [4.78, 5) is 17.8. The molecule has 0 atom stereocenters. The van der Waals surface area contributed by atoms with Gasteiger partial charge >= 0.3 is 0 Å². The summed E-state index contributed by atoms with van der Waals surface area (Å²) in [7, 11) is -3.37. The normalized spacial score (nSPS) is 12.7. The predicted molar refractivity (Wildman–Crippen MR) is 109 cm³/mol. The molecule has 0 spiro atoms. The molecule has 7 heteroatoms. The Kier molecular flexibility index (Phi) is 5.35. The van der Waals surface area contributed by atoms with Gasteiger partial charge in [0, 0.05) is 12.1 Å². The molecular weight excluding hydrogens is 380 g/mol. The van der Waals surface area contributed by atoms with E-state index in [1.807, 2.05) is 18.4 Å². The SMILES string of the molecule is CCn1c(=NC(=O)c2cccc(S(=O)(=O)CC)c2)sc2c(C)cc(C)cc21. The second kappa shape index (κ2) is 7.40. The van der Waals surface area contributed by atoms with Crippen LogP contribution < -0.4 is 4.80 Å². The molecule has 27 heavy (non-hydrogen) atoms. The predicted octanol–water partition coefficient (Wildman–Crippen LogP) is 3.87. The van der Waals surface area contributed by atoms with Gasteiger partial charge in [0.25, 0.3) is 5.91 Å². The van der Waals surface area contributed by atoms with Crippen LogP contribution in [0.1, 0.15) is 35.3 Å². The van der Waals surface area contributed by atoms with Gasteiger partial charge in [0.15, 0.2) is 14.6 Å². The lowest BCUT2D eigenvalue weighted by atomic mass is 10.1. The van der Waals surface area contributed by atoms with Crippen LogP contribution in [0.15, 0.2) is 46.3 Å². The maximum absolute atomic E-state index is 12.7. The first-order valence-electron chi connectivity index (χ1n) is 8.79. The van der Waals surface area contributed by atoms with E-state index in [4.69, 9.17) is 0 Å². The molecule has 0 unspecified atom stereocenters. The molecule has 1 aromatic heterocycles. The van der Waals surface area contributed by atoms with Crippen molar-refractivity contribution in [3.63, 3.8) is 0 Å². The first-order valence-corrected chi connectivity index (χ1v) is 11.3. The van der Waals surface area contributed by atoms with Crippen molar-refractivity contribution in [2.75, 3.05) is 5.75 Å². The summed E-state index contributed by atoms with van der Waals surface area (Å²) in [6.45, 7) is 8.39. The number of fused-ring (bicyclic) bond motifs is 1. The Morgan fingerprint density at radius 1 is 1.15 bits per heavy atom. The minimum absolute atomic E-state index is 0.00738. The molecule has 0 saturated carbocycles. The maximum atomic E-state index is 12.7. The number of rotatable bonds is 4. The number of carbonyl (C=O) groups excluding carboxylic acids is 1. The van der Waals surface area contributed by atoms with Gasteiger partial charge in [0.2, 0.25) is 0 Å². The van der Waals surface area contributed by atoms with Crippen LogP contribution in [0, 0.1) is 13.8 Å². The Balaban J connectivity index is 2.14. The summed E-state index contributed by atoms with van der Waals surface area (Å²) in [5.74, 6) is -0.446. The number of benzene rings is 2. The fourth-order valence-electron chi connectivity index (χ4n) is 3.04.